The minimum atomic E-state index is -0.344. The molecule has 0 radical (unpaired) electrons. The molecule has 0 aliphatic heterocycles. The van der Waals surface area contributed by atoms with E-state index >= 15 is 0 Å². The van der Waals surface area contributed by atoms with Crippen LogP contribution in [0.4, 0.5) is 17.1 Å². The fourth-order valence-corrected chi connectivity index (χ4v) is 2.41. The van der Waals surface area contributed by atoms with Crippen LogP contribution in [0.1, 0.15) is 13.8 Å². The molecule has 0 aromatic heterocycles. The molecule has 25 heavy (non-hydrogen) atoms. The van der Waals surface area contributed by atoms with Crippen molar-refractivity contribution in [3.8, 4) is 0 Å². The lowest BCUT2D eigenvalue weighted by molar-refractivity contribution is -0.120. The molecule has 2 aromatic carbocycles. The molecule has 2 rings (SSSR count). The van der Waals surface area contributed by atoms with Crippen molar-refractivity contribution in [1.82, 2.24) is 0 Å². The number of anilines is 3. The highest BCUT2D eigenvalue weighted by molar-refractivity contribution is 6.30. The van der Waals surface area contributed by atoms with Crippen LogP contribution in [0.2, 0.25) is 5.02 Å². The zero-order valence-electron chi connectivity index (χ0n) is 13.9. The molecular weight excluding hydrogens is 342 g/mol. The van der Waals surface area contributed by atoms with Gasteiger partial charge in [-0.1, -0.05) is 17.7 Å². The molecule has 0 spiro atoms. The first-order valence-electron chi connectivity index (χ1n) is 7.56. The third-order valence-electron chi connectivity index (χ3n) is 3.29. The summed E-state index contributed by atoms with van der Waals surface area (Å²) in [6, 6.07) is 13.4. The second kappa shape index (κ2) is 8.30. The molecule has 0 saturated carbocycles. The van der Waals surface area contributed by atoms with Crippen molar-refractivity contribution in [1.29, 1.82) is 0 Å². The number of nitrogens with one attached hydrogen (secondary N) is 2. The lowest BCUT2D eigenvalue weighted by Gasteiger charge is -2.21. The van der Waals surface area contributed by atoms with Gasteiger partial charge in [-0.2, -0.15) is 0 Å². The largest absolute Gasteiger partial charge is 0.326 e. The van der Waals surface area contributed by atoms with Crippen molar-refractivity contribution in [3.63, 3.8) is 0 Å². The maximum Gasteiger partial charge on any atom is 0.244 e. The maximum atomic E-state index is 12.2. The molecule has 7 heteroatoms. The van der Waals surface area contributed by atoms with Gasteiger partial charge in [-0.25, -0.2) is 0 Å². The number of carbonyl (C=O) groups is 3. The second-order valence-electron chi connectivity index (χ2n) is 5.39. The lowest BCUT2D eigenvalue weighted by atomic mass is 10.2. The number of halogens is 1. The predicted molar refractivity (Wildman–Crippen MR) is 98.9 cm³/mol. The number of hydrogen-bond donors (Lipinski definition) is 2. The van der Waals surface area contributed by atoms with Crippen molar-refractivity contribution in [2.45, 2.75) is 13.8 Å². The van der Waals surface area contributed by atoms with Crippen LogP contribution in [0.5, 0.6) is 0 Å². The zero-order valence-corrected chi connectivity index (χ0v) is 14.6. The molecule has 0 saturated heterocycles. The first kappa shape index (κ1) is 18.5. The third kappa shape index (κ3) is 5.61. The highest BCUT2D eigenvalue weighted by atomic mass is 35.5. The third-order valence-corrected chi connectivity index (χ3v) is 3.52. The van der Waals surface area contributed by atoms with Gasteiger partial charge in [-0.3, -0.25) is 14.4 Å². The van der Waals surface area contributed by atoms with E-state index in [1.807, 2.05) is 0 Å². The van der Waals surface area contributed by atoms with Gasteiger partial charge in [0.05, 0.1) is 0 Å². The molecule has 2 N–H and O–H groups in total. The van der Waals surface area contributed by atoms with Crippen LogP contribution >= 0.6 is 11.6 Å². The number of rotatable bonds is 5. The van der Waals surface area contributed by atoms with E-state index < -0.39 is 0 Å². The minimum Gasteiger partial charge on any atom is -0.326 e. The van der Waals surface area contributed by atoms with Crippen LogP contribution in [0.3, 0.4) is 0 Å². The first-order valence-corrected chi connectivity index (χ1v) is 7.94. The van der Waals surface area contributed by atoms with Gasteiger partial charge < -0.3 is 15.5 Å². The monoisotopic (exact) mass is 359 g/mol. The zero-order chi connectivity index (χ0) is 18.4. The Balaban J connectivity index is 2.08. The molecule has 0 heterocycles. The molecule has 3 amide bonds. The molecule has 0 aliphatic carbocycles. The normalized spacial score (nSPS) is 10.0. The van der Waals surface area contributed by atoms with E-state index in [4.69, 9.17) is 11.6 Å². The smallest absolute Gasteiger partial charge is 0.244 e. The van der Waals surface area contributed by atoms with E-state index in [2.05, 4.69) is 10.6 Å². The van der Waals surface area contributed by atoms with Gasteiger partial charge in [0.2, 0.25) is 17.7 Å². The van der Waals surface area contributed by atoms with Gasteiger partial charge in [0.25, 0.3) is 0 Å². The summed E-state index contributed by atoms with van der Waals surface area (Å²) in [5.74, 6) is -0.797. The van der Waals surface area contributed by atoms with Crippen LogP contribution in [0, 0.1) is 0 Å². The van der Waals surface area contributed by atoms with Crippen LogP contribution in [0.25, 0.3) is 0 Å². The Morgan fingerprint density at radius 1 is 0.960 bits per heavy atom. The Labute approximate surface area is 150 Å². The van der Waals surface area contributed by atoms with Gasteiger partial charge in [0, 0.05) is 35.9 Å². The van der Waals surface area contributed by atoms with Gasteiger partial charge in [-0.15, -0.1) is 0 Å². The van der Waals surface area contributed by atoms with Crippen LogP contribution in [-0.2, 0) is 14.4 Å². The topological polar surface area (TPSA) is 78.5 Å². The van der Waals surface area contributed by atoms with E-state index in [1.165, 1.54) is 18.7 Å². The Kier molecular flexibility index (Phi) is 6.14. The van der Waals surface area contributed by atoms with Crippen molar-refractivity contribution in [2.75, 3.05) is 22.1 Å². The van der Waals surface area contributed by atoms with Crippen molar-refractivity contribution in [2.24, 2.45) is 0 Å². The van der Waals surface area contributed by atoms with Crippen molar-refractivity contribution < 1.29 is 14.4 Å². The fourth-order valence-electron chi connectivity index (χ4n) is 2.22. The van der Waals surface area contributed by atoms with E-state index in [0.717, 1.165) is 0 Å². The minimum absolute atomic E-state index is 0.138. The number of carbonyl (C=O) groups excluding carboxylic acids is 3. The Morgan fingerprint density at radius 3 is 2.20 bits per heavy atom. The summed E-state index contributed by atoms with van der Waals surface area (Å²) >= 11 is 5.89. The summed E-state index contributed by atoms with van der Waals surface area (Å²) in [5.41, 5.74) is 1.73. The average molecular weight is 360 g/mol. The molecule has 0 unspecified atom stereocenters. The number of hydrogen-bond acceptors (Lipinski definition) is 3. The van der Waals surface area contributed by atoms with Crippen LogP contribution < -0.4 is 15.5 Å². The number of nitrogens with zero attached hydrogens (tertiary/aromatic N) is 1. The Hall–Kier alpha value is -2.86. The molecule has 2 aromatic rings. The molecule has 6 nitrogen and oxygen atoms in total. The van der Waals surface area contributed by atoms with Crippen molar-refractivity contribution >= 4 is 46.4 Å². The van der Waals surface area contributed by atoms with E-state index in [1.54, 1.807) is 48.5 Å². The standard InChI is InChI=1S/C18H18ClN3O3/c1-12(23)20-15-6-8-17(9-7-15)22(13(2)24)11-18(25)21-16-5-3-4-14(19)10-16/h3-10H,11H2,1-2H3,(H,20,23)(H,21,25). The summed E-state index contributed by atoms with van der Waals surface area (Å²) in [5, 5.41) is 5.85. The second-order valence-corrected chi connectivity index (χ2v) is 5.83. The summed E-state index contributed by atoms with van der Waals surface area (Å²) < 4.78 is 0. The molecule has 130 valence electrons. The summed E-state index contributed by atoms with van der Waals surface area (Å²) in [6.45, 7) is 2.66. The molecule has 0 atom stereocenters. The summed E-state index contributed by atoms with van der Waals surface area (Å²) in [4.78, 5) is 36.5. The maximum absolute atomic E-state index is 12.2. The van der Waals surface area contributed by atoms with Gasteiger partial charge in [-0.05, 0) is 42.5 Å². The van der Waals surface area contributed by atoms with Crippen molar-refractivity contribution in [3.05, 3.63) is 53.6 Å². The first-order chi connectivity index (χ1) is 11.8. The fraction of sp³-hybridized carbons (Fsp3) is 0.167. The molecule has 0 aliphatic rings. The molecule has 0 fully saturated rings. The highest BCUT2D eigenvalue weighted by Crippen LogP contribution is 2.19. The van der Waals surface area contributed by atoms with E-state index in [-0.39, 0.29) is 24.3 Å². The predicted octanol–water partition coefficient (Wildman–Crippen LogP) is 3.29. The highest BCUT2D eigenvalue weighted by Gasteiger charge is 2.16. The number of amides is 3. The SMILES string of the molecule is CC(=O)Nc1ccc(N(CC(=O)Nc2cccc(Cl)c2)C(C)=O)cc1. The Bertz CT molecular complexity index is 790. The van der Waals surface area contributed by atoms with E-state index in [0.29, 0.717) is 22.1 Å². The molecular formula is C18H18ClN3O3. The van der Waals surface area contributed by atoms with Crippen LogP contribution in [0.15, 0.2) is 48.5 Å². The van der Waals surface area contributed by atoms with E-state index in [9.17, 15) is 14.4 Å². The Morgan fingerprint density at radius 2 is 1.64 bits per heavy atom. The van der Waals surface area contributed by atoms with Gasteiger partial charge in [0.15, 0.2) is 0 Å². The van der Waals surface area contributed by atoms with Gasteiger partial charge in [0.1, 0.15) is 6.54 Å². The lowest BCUT2D eigenvalue weighted by Crippen LogP contribution is -2.36. The molecule has 0 bridgehead atoms. The van der Waals surface area contributed by atoms with Crippen LogP contribution in [-0.4, -0.2) is 24.3 Å². The quantitative estimate of drug-likeness (QED) is 0.859. The summed E-state index contributed by atoms with van der Waals surface area (Å²) in [6.07, 6.45) is 0. The number of benzene rings is 2. The summed E-state index contributed by atoms with van der Waals surface area (Å²) in [7, 11) is 0. The van der Waals surface area contributed by atoms with Gasteiger partial charge >= 0.3 is 0 Å². The average Bonchev–Trinajstić information content (AvgIpc) is 2.53.